The zero-order valence-corrected chi connectivity index (χ0v) is 18.8. The minimum absolute atomic E-state index is 0.0507. The van der Waals surface area contributed by atoms with E-state index in [9.17, 15) is 18.7 Å². The van der Waals surface area contributed by atoms with Crippen LogP contribution in [0.5, 0.6) is 5.75 Å². The average Bonchev–Trinajstić information content (AvgIpc) is 3.16. The summed E-state index contributed by atoms with van der Waals surface area (Å²) in [5.74, 6) is -2.37. The Hall–Kier alpha value is -2.71. The molecule has 1 fully saturated rings. The second kappa shape index (κ2) is 8.67. The molecule has 1 aliphatic carbocycles. The van der Waals surface area contributed by atoms with Crippen molar-refractivity contribution >= 4 is 17.1 Å². The molecule has 0 saturated heterocycles. The van der Waals surface area contributed by atoms with Crippen LogP contribution in [-0.4, -0.2) is 26.9 Å². The number of aromatic nitrogens is 2. The Morgan fingerprint density at radius 1 is 1.28 bits per heavy atom. The number of phenols is 1. The molecule has 1 saturated carbocycles. The first-order valence-electron chi connectivity index (χ1n) is 10.5. The van der Waals surface area contributed by atoms with Crippen molar-refractivity contribution in [1.29, 1.82) is 0 Å². The van der Waals surface area contributed by atoms with Gasteiger partial charge >= 0.3 is 0 Å². The molecule has 1 aliphatic rings. The SMILES string of the molecule is CC1(C)C[C@H](N)C[C@H](c2ccncc2CC(=O)c2csc(-c3c(F)cc(O)cc3F)n2)C1. The molecule has 0 unspecified atom stereocenters. The molecule has 0 aliphatic heterocycles. The number of pyridine rings is 1. The molecule has 0 amide bonds. The molecule has 0 bridgehead atoms. The third kappa shape index (κ3) is 4.71. The second-order valence-corrected chi connectivity index (χ2v) is 10.1. The van der Waals surface area contributed by atoms with Gasteiger partial charge in [0.05, 0.1) is 5.56 Å². The number of benzene rings is 1. The van der Waals surface area contributed by atoms with Crippen LogP contribution in [-0.2, 0) is 6.42 Å². The van der Waals surface area contributed by atoms with Gasteiger partial charge < -0.3 is 10.8 Å². The number of phenolic OH excluding ortho intramolecular Hbond substituents is 1. The third-order valence-corrected chi connectivity index (χ3v) is 6.82. The molecule has 4 rings (SSSR count). The number of rotatable bonds is 5. The van der Waals surface area contributed by atoms with Crippen molar-refractivity contribution in [2.45, 2.75) is 51.5 Å². The molecule has 3 aromatic rings. The molecular formula is C24H25F2N3O2S. The van der Waals surface area contributed by atoms with Crippen LogP contribution in [0.3, 0.4) is 0 Å². The zero-order valence-electron chi connectivity index (χ0n) is 17.9. The highest BCUT2D eigenvalue weighted by Gasteiger charge is 2.34. The predicted octanol–water partition coefficient (Wildman–Crippen LogP) is 5.24. The Labute approximate surface area is 189 Å². The van der Waals surface area contributed by atoms with Gasteiger partial charge in [-0.3, -0.25) is 9.78 Å². The molecule has 8 heteroatoms. The maximum absolute atomic E-state index is 14.2. The normalized spacial score (nSPS) is 20.3. The largest absolute Gasteiger partial charge is 0.508 e. The van der Waals surface area contributed by atoms with E-state index in [4.69, 9.17) is 5.73 Å². The van der Waals surface area contributed by atoms with Crippen molar-refractivity contribution < 1.29 is 18.7 Å². The van der Waals surface area contributed by atoms with Crippen molar-refractivity contribution in [2.75, 3.05) is 0 Å². The van der Waals surface area contributed by atoms with Gasteiger partial charge in [0, 0.05) is 42.4 Å². The Kier molecular flexibility index (Phi) is 6.09. The summed E-state index contributed by atoms with van der Waals surface area (Å²) in [7, 11) is 0. The second-order valence-electron chi connectivity index (χ2n) is 9.26. The van der Waals surface area contributed by atoms with Crippen molar-refractivity contribution in [1.82, 2.24) is 9.97 Å². The molecule has 3 N–H and O–H groups in total. The van der Waals surface area contributed by atoms with Crippen LogP contribution >= 0.6 is 11.3 Å². The summed E-state index contributed by atoms with van der Waals surface area (Å²) in [6.07, 6.45) is 6.33. The van der Waals surface area contributed by atoms with E-state index in [0.717, 1.165) is 53.9 Å². The van der Waals surface area contributed by atoms with E-state index < -0.39 is 17.4 Å². The van der Waals surface area contributed by atoms with E-state index in [-0.39, 0.29) is 45.8 Å². The molecule has 32 heavy (non-hydrogen) atoms. The van der Waals surface area contributed by atoms with Crippen LogP contribution in [0, 0.1) is 17.0 Å². The van der Waals surface area contributed by atoms with Crippen LogP contribution in [0.25, 0.3) is 10.6 Å². The fourth-order valence-electron chi connectivity index (χ4n) is 4.76. The highest BCUT2D eigenvalue weighted by Crippen LogP contribution is 2.43. The number of hydrogen-bond donors (Lipinski definition) is 2. The standard InChI is InChI=1S/C24H25F2N3O2S/c1-24(2)9-13(5-15(27)10-24)17-3-4-28-11-14(17)6-21(31)20-12-32-23(29-20)22-18(25)7-16(30)8-19(22)26/h3-4,7-8,11-13,15,30H,5-6,9-10,27H2,1-2H3/t13-,15+/m0/s1. The Morgan fingerprint density at radius 2 is 2.00 bits per heavy atom. The van der Waals surface area contributed by atoms with E-state index >= 15 is 0 Å². The zero-order chi connectivity index (χ0) is 23.0. The Balaban J connectivity index is 1.58. The van der Waals surface area contributed by atoms with Gasteiger partial charge in [-0.05, 0) is 47.8 Å². The van der Waals surface area contributed by atoms with Gasteiger partial charge in [-0.15, -0.1) is 11.3 Å². The minimum Gasteiger partial charge on any atom is -0.508 e. The van der Waals surface area contributed by atoms with Crippen LogP contribution in [0.2, 0.25) is 0 Å². The monoisotopic (exact) mass is 457 g/mol. The van der Waals surface area contributed by atoms with Crippen molar-refractivity contribution in [3.05, 3.63) is 64.4 Å². The lowest BCUT2D eigenvalue weighted by Crippen LogP contribution is -2.36. The van der Waals surface area contributed by atoms with E-state index in [2.05, 4.69) is 23.8 Å². The maximum Gasteiger partial charge on any atom is 0.186 e. The number of carbonyl (C=O) groups excluding carboxylic acids is 1. The van der Waals surface area contributed by atoms with Gasteiger partial charge in [0.15, 0.2) is 5.78 Å². The van der Waals surface area contributed by atoms with Gasteiger partial charge in [0.25, 0.3) is 0 Å². The van der Waals surface area contributed by atoms with Crippen LogP contribution in [0.15, 0.2) is 36.0 Å². The molecule has 2 heterocycles. The predicted molar refractivity (Wildman–Crippen MR) is 120 cm³/mol. The molecule has 1 aromatic carbocycles. The lowest BCUT2D eigenvalue weighted by Gasteiger charge is -2.39. The van der Waals surface area contributed by atoms with Crippen molar-refractivity contribution in [3.8, 4) is 16.3 Å². The van der Waals surface area contributed by atoms with Crippen LogP contribution < -0.4 is 5.73 Å². The summed E-state index contributed by atoms with van der Waals surface area (Å²) < 4.78 is 28.3. The van der Waals surface area contributed by atoms with Crippen LogP contribution in [0.1, 0.15) is 60.6 Å². The van der Waals surface area contributed by atoms with Crippen LogP contribution in [0.4, 0.5) is 8.78 Å². The highest BCUT2D eigenvalue weighted by atomic mass is 32.1. The van der Waals surface area contributed by atoms with Gasteiger partial charge in [-0.2, -0.15) is 0 Å². The topological polar surface area (TPSA) is 89.1 Å². The number of aromatic hydroxyl groups is 1. The van der Waals surface area contributed by atoms with Gasteiger partial charge in [0.2, 0.25) is 0 Å². The quantitative estimate of drug-likeness (QED) is 0.512. The number of nitrogens with zero attached hydrogens (tertiary/aromatic N) is 2. The molecular weight excluding hydrogens is 432 g/mol. The van der Waals surface area contributed by atoms with E-state index in [1.807, 2.05) is 6.07 Å². The number of Topliss-reactive ketones (excluding diaryl/α,β-unsaturated/α-hetero) is 1. The molecule has 2 atom stereocenters. The summed E-state index contributed by atoms with van der Waals surface area (Å²) in [5.41, 5.74) is 8.11. The molecule has 2 aromatic heterocycles. The first-order chi connectivity index (χ1) is 15.1. The molecule has 0 radical (unpaired) electrons. The molecule has 168 valence electrons. The number of halogens is 2. The van der Waals surface area contributed by atoms with Crippen molar-refractivity contribution in [2.24, 2.45) is 11.1 Å². The summed E-state index contributed by atoms with van der Waals surface area (Å²) in [5, 5.41) is 10.9. The Morgan fingerprint density at radius 3 is 2.69 bits per heavy atom. The Bertz CT molecular complexity index is 1140. The summed E-state index contributed by atoms with van der Waals surface area (Å²) in [6, 6.07) is 3.70. The number of ketones is 1. The fourth-order valence-corrected chi connectivity index (χ4v) is 5.63. The molecule has 0 spiro atoms. The highest BCUT2D eigenvalue weighted by molar-refractivity contribution is 7.13. The van der Waals surface area contributed by atoms with Gasteiger partial charge in [-0.25, -0.2) is 13.8 Å². The number of nitrogens with two attached hydrogens (primary N) is 1. The summed E-state index contributed by atoms with van der Waals surface area (Å²) in [6.45, 7) is 4.42. The van der Waals surface area contributed by atoms with Gasteiger partial charge in [0.1, 0.15) is 28.1 Å². The minimum atomic E-state index is -0.929. The van der Waals surface area contributed by atoms with E-state index in [0.29, 0.717) is 0 Å². The van der Waals surface area contributed by atoms with Crippen molar-refractivity contribution in [3.63, 3.8) is 0 Å². The van der Waals surface area contributed by atoms with Gasteiger partial charge in [-0.1, -0.05) is 13.8 Å². The average molecular weight is 458 g/mol. The van der Waals surface area contributed by atoms with E-state index in [1.54, 1.807) is 12.4 Å². The summed E-state index contributed by atoms with van der Waals surface area (Å²) >= 11 is 0.982. The number of hydrogen-bond acceptors (Lipinski definition) is 6. The maximum atomic E-state index is 14.2. The summed E-state index contributed by atoms with van der Waals surface area (Å²) in [4.78, 5) is 21.3. The third-order valence-electron chi connectivity index (χ3n) is 5.96. The molecule has 5 nitrogen and oxygen atoms in total. The smallest absolute Gasteiger partial charge is 0.186 e. The first kappa shape index (κ1) is 22.5. The lowest BCUT2D eigenvalue weighted by molar-refractivity contribution is 0.0988. The number of carbonyl (C=O) groups is 1. The fraction of sp³-hybridized carbons (Fsp3) is 0.375. The van der Waals surface area contributed by atoms with E-state index in [1.165, 1.54) is 5.38 Å². The first-order valence-corrected chi connectivity index (χ1v) is 11.4. The lowest BCUT2D eigenvalue weighted by atomic mass is 9.68. The number of thiazole rings is 1.